The Labute approximate surface area is 166 Å². The van der Waals surface area contributed by atoms with Crippen molar-refractivity contribution in [3.05, 3.63) is 53.4 Å². The van der Waals surface area contributed by atoms with Gasteiger partial charge in [0.2, 0.25) is 0 Å². The molecule has 0 aliphatic rings. The van der Waals surface area contributed by atoms with Gasteiger partial charge in [-0.15, -0.1) is 11.8 Å². The standard InChI is InChI=1S/C20H18ClN3O2S/c1-4-26-19(25)20(2,3)27-17-7-9-23-12-14(17)16-6-5-13(11-22)18-15(21)8-10-24(16)18/h5-10,12H,4H2,1-3H3. The molecule has 0 atom stereocenters. The second kappa shape index (κ2) is 7.63. The summed E-state index contributed by atoms with van der Waals surface area (Å²) in [6.45, 7) is 5.80. The number of halogens is 1. The smallest absolute Gasteiger partial charge is 0.321 e. The molecule has 0 spiro atoms. The highest BCUT2D eigenvalue weighted by Crippen LogP contribution is 2.40. The minimum absolute atomic E-state index is 0.272. The van der Waals surface area contributed by atoms with Crippen LogP contribution in [0.5, 0.6) is 0 Å². The molecule has 138 valence electrons. The molecule has 3 aromatic heterocycles. The predicted molar refractivity (Wildman–Crippen MR) is 107 cm³/mol. The second-order valence-electron chi connectivity index (χ2n) is 6.33. The Hall–Kier alpha value is -2.49. The number of nitrogens with zero attached hydrogens (tertiary/aromatic N) is 3. The zero-order valence-corrected chi connectivity index (χ0v) is 16.8. The number of carbonyl (C=O) groups is 1. The number of carbonyl (C=O) groups excluding carboxylic acids is 1. The first-order valence-corrected chi connectivity index (χ1v) is 9.58. The van der Waals surface area contributed by atoms with Crippen LogP contribution in [0.4, 0.5) is 0 Å². The van der Waals surface area contributed by atoms with Gasteiger partial charge in [0.1, 0.15) is 10.8 Å². The minimum Gasteiger partial charge on any atom is -0.465 e. The Morgan fingerprint density at radius 2 is 2.15 bits per heavy atom. The third kappa shape index (κ3) is 3.66. The number of pyridine rings is 2. The van der Waals surface area contributed by atoms with Crippen molar-refractivity contribution in [1.82, 2.24) is 9.38 Å². The fourth-order valence-corrected chi connectivity index (χ4v) is 4.12. The third-order valence-corrected chi connectivity index (χ3v) is 5.63. The Balaban J connectivity index is 2.12. The first-order chi connectivity index (χ1) is 12.9. The average molecular weight is 400 g/mol. The van der Waals surface area contributed by atoms with E-state index in [-0.39, 0.29) is 5.97 Å². The summed E-state index contributed by atoms with van der Waals surface area (Å²) in [7, 11) is 0. The van der Waals surface area contributed by atoms with Crippen molar-refractivity contribution < 1.29 is 9.53 Å². The molecular weight excluding hydrogens is 382 g/mol. The quantitative estimate of drug-likeness (QED) is 0.448. The van der Waals surface area contributed by atoms with Gasteiger partial charge in [-0.25, -0.2) is 0 Å². The number of ether oxygens (including phenoxy) is 1. The summed E-state index contributed by atoms with van der Waals surface area (Å²) in [5.41, 5.74) is 2.84. The number of nitriles is 1. The summed E-state index contributed by atoms with van der Waals surface area (Å²) in [6.07, 6.45) is 5.26. The second-order valence-corrected chi connectivity index (χ2v) is 8.40. The van der Waals surface area contributed by atoms with Crippen molar-refractivity contribution in [3.8, 4) is 17.3 Å². The van der Waals surface area contributed by atoms with E-state index >= 15 is 0 Å². The Kier molecular flexibility index (Phi) is 5.45. The maximum Gasteiger partial charge on any atom is 0.321 e. The molecule has 0 saturated heterocycles. The molecule has 5 nitrogen and oxygen atoms in total. The maximum absolute atomic E-state index is 12.3. The molecule has 3 aromatic rings. The maximum atomic E-state index is 12.3. The molecule has 0 bridgehead atoms. The summed E-state index contributed by atoms with van der Waals surface area (Å²) in [6, 6.07) is 9.40. The zero-order chi connectivity index (χ0) is 19.6. The van der Waals surface area contributed by atoms with Gasteiger partial charge < -0.3 is 9.14 Å². The summed E-state index contributed by atoms with van der Waals surface area (Å²) in [5, 5.41) is 9.88. The average Bonchev–Trinajstić information content (AvgIpc) is 3.04. The van der Waals surface area contributed by atoms with Crippen LogP contribution in [0.3, 0.4) is 0 Å². The molecule has 3 heterocycles. The van der Waals surface area contributed by atoms with Gasteiger partial charge in [0.05, 0.1) is 28.4 Å². The van der Waals surface area contributed by atoms with E-state index in [0.717, 1.165) is 16.2 Å². The lowest BCUT2D eigenvalue weighted by atomic mass is 10.1. The van der Waals surface area contributed by atoms with Gasteiger partial charge in [0, 0.05) is 29.0 Å². The SMILES string of the molecule is CCOC(=O)C(C)(C)Sc1ccncc1-c1ccc(C#N)c2c(Cl)ccn12. The van der Waals surface area contributed by atoms with Gasteiger partial charge in [-0.3, -0.25) is 9.78 Å². The lowest BCUT2D eigenvalue weighted by Crippen LogP contribution is -2.30. The number of esters is 1. The molecule has 27 heavy (non-hydrogen) atoms. The highest BCUT2D eigenvalue weighted by Gasteiger charge is 2.31. The van der Waals surface area contributed by atoms with E-state index in [1.807, 2.05) is 36.6 Å². The Morgan fingerprint density at radius 3 is 2.85 bits per heavy atom. The molecule has 0 N–H and O–H groups in total. The van der Waals surface area contributed by atoms with Crippen LogP contribution in [0, 0.1) is 11.3 Å². The number of hydrogen-bond acceptors (Lipinski definition) is 5. The van der Waals surface area contributed by atoms with Gasteiger partial charge in [0.15, 0.2) is 0 Å². The van der Waals surface area contributed by atoms with E-state index in [0.29, 0.717) is 22.7 Å². The third-order valence-electron chi connectivity index (χ3n) is 4.07. The highest BCUT2D eigenvalue weighted by molar-refractivity contribution is 8.01. The van der Waals surface area contributed by atoms with Crippen LogP contribution in [0.1, 0.15) is 26.3 Å². The first kappa shape index (κ1) is 19.3. The first-order valence-electron chi connectivity index (χ1n) is 8.39. The normalized spacial score (nSPS) is 11.4. The molecule has 0 aliphatic heterocycles. The van der Waals surface area contributed by atoms with Crippen LogP contribution in [-0.2, 0) is 9.53 Å². The van der Waals surface area contributed by atoms with Crippen LogP contribution in [0.15, 0.2) is 47.8 Å². The van der Waals surface area contributed by atoms with Gasteiger partial charge in [-0.2, -0.15) is 5.26 Å². The number of aromatic nitrogens is 2. The van der Waals surface area contributed by atoms with Gasteiger partial charge in [0.25, 0.3) is 0 Å². The van der Waals surface area contributed by atoms with E-state index in [1.165, 1.54) is 11.8 Å². The van der Waals surface area contributed by atoms with E-state index in [2.05, 4.69) is 11.1 Å². The minimum atomic E-state index is -0.758. The number of fused-ring (bicyclic) bond motifs is 1. The molecule has 3 rings (SSSR count). The molecule has 0 amide bonds. The fraction of sp³-hybridized carbons (Fsp3) is 0.250. The Bertz CT molecular complexity index is 1050. The van der Waals surface area contributed by atoms with E-state index in [9.17, 15) is 10.1 Å². The highest BCUT2D eigenvalue weighted by atomic mass is 35.5. The predicted octanol–water partition coefficient (Wildman–Crippen LogP) is 4.96. The zero-order valence-electron chi connectivity index (χ0n) is 15.2. The van der Waals surface area contributed by atoms with Crippen molar-refractivity contribution in [3.63, 3.8) is 0 Å². The molecule has 0 saturated carbocycles. The van der Waals surface area contributed by atoms with Crippen molar-refractivity contribution in [2.45, 2.75) is 30.4 Å². The van der Waals surface area contributed by atoms with Gasteiger partial charge in [-0.05, 0) is 45.0 Å². The molecule has 0 fully saturated rings. The molecular formula is C20H18ClN3O2S. The lowest BCUT2D eigenvalue weighted by molar-refractivity contribution is -0.145. The van der Waals surface area contributed by atoms with Crippen LogP contribution in [-0.4, -0.2) is 26.7 Å². The molecule has 0 aliphatic carbocycles. The molecule has 0 unspecified atom stereocenters. The lowest BCUT2D eigenvalue weighted by Gasteiger charge is -2.23. The number of thioether (sulfide) groups is 1. The molecule has 0 radical (unpaired) electrons. The van der Waals surface area contributed by atoms with Gasteiger partial charge >= 0.3 is 5.97 Å². The van der Waals surface area contributed by atoms with Crippen LogP contribution < -0.4 is 0 Å². The van der Waals surface area contributed by atoms with Crippen LogP contribution in [0.25, 0.3) is 16.8 Å². The van der Waals surface area contributed by atoms with Crippen molar-refractivity contribution in [2.24, 2.45) is 0 Å². The van der Waals surface area contributed by atoms with E-state index in [4.69, 9.17) is 16.3 Å². The number of hydrogen-bond donors (Lipinski definition) is 0. The van der Waals surface area contributed by atoms with Crippen LogP contribution in [0.2, 0.25) is 5.02 Å². The Morgan fingerprint density at radius 1 is 1.37 bits per heavy atom. The molecule has 7 heteroatoms. The van der Waals surface area contributed by atoms with Gasteiger partial charge in [-0.1, -0.05) is 11.6 Å². The monoisotopic (exact) mass is 399 g/mol. The van der Waals surface area contributed by atoms with Crippen molar-refractivity contribution in [1.29, 1.82) is 5.26 Å². The van der Waals surface area contributed by atoms with Crippen LogP contribution >= 0.6 is 23.4 Å². The summed E-state index contributed by atoms with van der Waals surface area (Å²) < 4.78 is 6.31. The van der Waals surface area contributed by atoms with E-state index < -0.39 is 4.75 Å². The van der Waals surface area contributed by atoms with Crippen molar-refractivity contribution in [2.75, 3.05) is 6.61 Å². The summed E-state index contributed by atoms with van der Waals surface area (Å²) >= 11 is 7.70. The summed E-state index contributed by atoms with van der Waals surface area (Å²) in [5.74, 6) is -0.272. The molecule has 0 aromatic carbocycles. The van der Waals surface area contributed by atoms with Crippen molar-refractivity contribution >= 4 is 34.8 Å². The number of rotatable bonds is 5. The topological polar surface area (TPSA) is 67.4 Å². The van der Waals surface area contributed by atoms with E-state index in [1.54, 1.807) is 31.5 Å². The largest absolute Gasteiger partial charge is 0.465 e. The summed E-state index contributed by atoms with van der Waals surface area (Å²) in [4.78, 5) is 17.4. The fourth-order valence-electron chi connectivity index (χ4n) is 2.78.